The van der Waals surface area contributed by atoms with Crippen molar-refractivity contribution in [1.29, 1.82) is 0 Å². The monoisotopic (exact) mass is 503 g/mol. The molecule has 1 aliphatic heterocycles. The molecule has 0 aliphatic carbocycles. The van der Waals surface area contributed by atoms with Crippen LogP contribution in [-0.4, -0.2) is 28.4 Å². The fourth-order valence-electron chi connectivity index (χ4n) is 4.51. The van der Waals surface area contributed by atoms with E-state index >= 15 is 0 Å². The smallest absolute Gasteiger partial charge is 0.338 e. The number of rotatable bonds is 5. The van der Waals surface area contributed by atoms with E-state index in [2.05, 4.69) is 9.98 Å². The van der Waals surface area contributed by atoms with E-state index in [4.69, 9.17) is 4.74 Å². The molecule has 2 aromatic carbocycles. The van der Waals surface area contributed by atoms with Gasteiger partial charge in [0.1, 0.15) is 0 Å². The number of carbonyl (C=O) groups excluding carboxylic acids is 1. The van der Waals surface area contributed by atoms with E-state index in [1.807, 2.05) is 67.8 Å². The molecule has 1 unspecified atom stereocenters. The Hall–Kier alpha value is -3.36. The quantitative estimate of drug-likeness (QED) is 0.325. The summed E-state index contributed by atoms with van der Waals surface area (Å²) in [5.41, 5.74) is 4.63. The van der Waals surface area contributed by atoms with Crippen molar-refractivity contribution in [3.05, 3.63) is 96.3 Å². The Labute approximate surface area is 210 Å². The van der Waals surface area contributed by atoms with Crippen molar-refractivity contribution in [2.24, 2.45) is 4.99 Å². The summed E-state index contributed by atoms with van der Waals surface area (Å²) in [6, 6.07) is 15.4. The number of fused-ring (bicyclic) bond motifs is 2. The predicted molar refractivity (Wildman–Crippen MR) is 142 cm³/mol. The standard InChI is InChI=1S/C27H25N3O3S2/c1-5-33-26(32)23-16(3)29-27-30(24(23)17-10-12-18(34-4)13-11-17)25(31)22(35-27)14-20-15(2)28-21-9-7-6-8-19(20)21/h6-14,24,28H,5H2,1-4H3/b22-14-. The molecule has 0 amide bonds. The lowest BCUT2D eigenvalue weighted by molar-refractivity contribution is -0.139. The number of aromatic amines is 1. The minimum atomic E-state index is -0.604. The molecule has 1 atom stereocenters. The third kappa shape index (κ3) is 4.06. The summed E-state index contributed by atoms with van der Waals surface area (Å²) >= 11 is 2.98. The first-order chi connectivity index (χ1) is 16.9. The molecule has 1 aliphatic rings. The highest BCUT2D eigenvalue weighted by Crippen LogP contribution is 2.31. The molecule has 2 aromatic heterocycles. The van der Waals surface area contributed by atoms with Crippen LogP contribution in [0.25, 0.3) is 17.0 Å². The van der Waals surface area contributed by atoms with Gasteiger partial charge in [0.05, 0.1) is 28.5 Å². The van der Waals surface area contributed by atoms with Crippen molar-refractivity contribution < 1.29 is 9.53 Å². The molecule has 3 heterocycles. The number of carbonyl (C=O) groups is 1. The number of aryl methyl sites for hydroxylation is 1. The Kier molecular flexibility index (Phi) is 6.25. The van der Waals surface area contributed by atoms with E-state index < -0.39 is 12.0 Å². The van der Waals surface area contributed by atoms with Crippen molar-refractivity contribution in [2.45, 2.75) is 31.7 Å². The number of hydrogen-bond acceptors (Lipinski definition) is 6. The molecule has 0 spiro atoms. The number of nitrogens with one attached hydrogen (secondary N) is 1. The average Bonchev–Trinajstić information content (AvgIpc) is 3.34. The van der Waals surface area contributed by atoms with Crippen LogP contribution in [0.4, 0.5) is 0 Å². The van der Waals surface area contributed by atoms with E-state index in [-0.39, 0.29) is 12.2 Å². The number of H-pyrrole nitrogens is 1. The summed E-state index contributed by atoms with van der Waals surface area (Å²) in [7, 11) is 0. The van der Waals surface area contributed by atoms with E-state index in [0.717, 1.165) is 32.6 Å². The van der Waals surface area contributed by atoms with Crippen molar-refractivity contribution in [3.63, 3.8) is 0 Å². The van der Waals surface area contributed by atoms with Gasteiger partial charge in [-0.15, -0.1) is 11.8 Å². The normalized spacial score (nSPS) is 15.9. The second kappa shape index (κ2) is 9.36. The Morgan fingerprint density at radius 1 is 1.20 bits per heavy atom. The molecule has 8 heteroatoms. The fourth-order valence-corrected chi connectivity index (χ4v) is 5.95. The predicted octanol–water partition coefficient (Wildman–Crippen LogP) is 4.31. The molecule has 5 rings (SSSR count). The van der Waals surface area contributed by atoms with Gasteiger partial charge < -0.3 is 9.72 Å². The summed E-state index contributed by atoms with van der Waals surface area (Å²) in [6.07, 6.45) is 3.94. The van der Waals surface area contributed by atoms with Gasteiger partial charge >= 0.3 is 5.97 Å². The van der Waals surface area contributed by atoms with Crippen molar-refractivity contribution in [1.82, 2.24) is 9.55 Å². The molecule has 4 aromatic rings. The molecule has 178 valence electrons. The molecule has 0 saturated heterocycles. The second-order valence-corrected chi connectivity index (χ2v) is 10.2. The first kappa shape index (κ1) is 23.4. The van der Waals surface area contributed by atoms with Gasteiger partial charge in [-0.25, -0.2) is 9.79 Å². The number of ether oxygens (including phenoxy) is 1. The maximum absolute atomic E-state index is 13.8. The van der Waals surface area contributed by atoms with Crippen LogP contribution in [-0.2, 0) is 9.53 Å². The largest absolute Gasteiger partial charge is 0.463 e. The highest BCUT2D eigenvalue weighted by Gasteiger charge is 2.33. The summed E-state index contributed by atoms with van der Waals surface area (Å²) < 4.78 is 7.58. The van der Waals surface area contributed by atoms with Gasteiger partial charge in [-0.3, -0.25) is 9.36 Å². The lowest BCUT2D eigenvalue weighted by Gasteiger charge is -2.24. The fraction of sp³-hybridized carbons (Fsp3) is 0.222. The SMILES string of the molecule is CCOC(=O)C1=C(C)N=c2s/c(=C\c3c(C)[nH]c4ccccc34)c(=O)n2C1c1ccc(SC)cc1. The van der Waals surface area contributed by atoms with Gasteiger partial charge in [0.15, 0.2) is 4.80 Å². The van der Waals surface area contributed by atoms with Crippen LogP contribution in [0.15, 0.2) is 74.5 Å². The summed E-state index contributed by atoms with van der Waals surface area (Å²) in [4.78, 5) is 36.6. The summed E-state index contributed by atoms with van der Waals surface area (Å²) in [5, 5.41) is 1.06. The van der Waals surface area contributed by atoms with Gasteiger partial charge in [0, 0.05) is 27.1 Å². The number of thiazole rings is 1. The lowest BCUT2D eigenvalue weighted by Crippen LogP contribution is -2.39. The molecular formula is C27H25N3O3S2. The number of thioether (sulfide) groups is 1. The van der Waals surface area contributed by atoms with Crippen LogP contribution < -0.4 is 14.9 Å². The van der Waals surface area contributed by atoms with Crippen molar-refractivity contribution in [2.75, 3.05) is 12.9 Å². The van der Waals surface area contributed by atoms with Crippen molar-refractivity contribution in [3.8, 4) is 0 Å². The number of aromatic nitrogens is 2. The molecule has 0 saturated carbocycles. The van der Waals surface area contributed by atoms with Crippen LogP contribution in [0.1, 0.15) is 36.7 Å². The Bertz CT molecular complexity index is 1660. The Balaban J connectivity index is 1.75. The van der Waals surface area contributed by atoms with Gasteiger partial charge in [-0.05, 0) is 56.9 Å². The summed E-state index contributed by atoms with van der Waals surface area (Å²) in [6.45, 7) is 5.82. The van der Waals surface area contributed by atoms with Crippen LogP contribution in [0.5, 0.6) is 0 Å². The second-order valence-electron chi connectivity index (χ2n) is 8.28. The van der Waals surface area contributed by atoms with E-state index in [0.29, 0.717) is 20.6 Å². The molecule has 0 fully saturated rings. The lowest BCUT2D eigenvalue weighted by atomic mass is 9.96. The number of esters is 1. The Morgan fingerprint density at radius 2 is 1.94 bits per heavy atom. The zero-order chi connectivity index (χ0) is 24.7. The van der Waals surface area contributed by atoms with E-state index in [1.54, 1.807) is 30.2 Å². The highest BCUT2D eigenvalue weighted by atomic mass is 32.2. The zero-order valence-electron chi connectivity index (χ0n) is 19.9. The van der Waals surface area contributed by atoms with Gasteiger partial charge in [-0.1, -0.05) is 41.7 Å². The van der Waals surface area contributed by atoms with Crippen LogP contribution >= 0.6 is 23.1 Å². The third-order valence-corrected chi connectivity index (χ3v) is 7.89. The minimum absolute atomic E-state index is 0.174. The topological polar surface area (TPSA) is 76.4 Å². The zero-order valence-corrected chi connectivity index (χ0v) is 21.5. The molecule has 6 nitrogen and oxygen atoms in total. The van der Waals surface area contributed by atoms with Crippen LogP contribution in [0, 0.1) is 6.92 Å². The molecular weight excluding hydrogens is 478 g/mol. The van der Waals surface area contributed by atoms with Gasteiger partial charge in [0.2, 0.25) is 0 Å². The third-order valence-electron chi connectivity index (χ3n) is 6.17. The first-order valence-electron chi connectivity index (χ1n) is 11.3. The molecule has 0 radical (unpaired) electrons. The number of benzene rings is 2. The molecule has 1 N–H and O–H groups in total. The van der Waals surface area contributed by atoms with E-state index in [1.165, 1.54) is 11.3 Å². The minimum Gasteiger partial charge on any atom is -0.463 e. The molecule has 0 bridgehead atoms. The number of nitrogens with zero attached hydrogens (tertiary/aromatic N) is 2. The summed E-state index contributed by atoms with van der Waals surface area (Å²) in [5.74, 6) is -0.450. The van der Waals surface area contributed by atoms with Gasteiger partial charge in [0.25, 0.3) is 5.56 Å². The average molecular weight is 504 g/mol. The van der Waals surface area contributed by atoms with Crippen LogP contribution in [0.3, 0.4) is 0 Å². The number of hydrogen-bond donors (Lipinski definition) is 1. The highest BCUT2D eigenvalue weighted by molar-refractivity contribution is 7.98. The van der Waals surface area contributed by atoms with Gasteiger partial charge in [-0.2, -0.15) is 0 Å². The van der Waals surface area contributed by atoms with Crippen molar-refractivity contribution >= 4 is 46.0 Å². The first-order valence-corrected chi connectivity index (χ1v) is 13.4. The van der Waals surface area contributed by atoms with Crippen LogP contribution in [0.2, 0.25) is 0 Å². The maximum Gasteiger partial charge on any atom is 0.338 e. The maximum atomic E-state index is 13.8. The number of para-hydroxylation sites is 1. The van der Waals surface area contributed by atoms with E-state index in [9.17, 15) is 9.59 Å². The number of allylic oxidation sites excluding steroid dienone is 1. The Morgan fingerprint density at radius 3 is 2.66 bits per heavy atom. The molecule has 35 heavy (non-hydrogen) atoms.